The van der Waals surface area contributed by atoms with Crippen LogP contribution in [-0.2, 0) is 4.74 Å². The quantitative estimate of drug-likeness (QED) is 0.605. The number of rotatable bonds is 5. The fraction of sp³-hybridized carbons (Fsp3) is 0.579. The van der Waals surface area contributed by atoms with Crippen LogP contribution in [-0.4, -0.2) is 46.8 Å². The fourth-order valence-electron chi connectivity index (χ4n) is 4.36. The minimum absolute atomic E-state index is 0.0100. The zero-order valence-electron chi connectivity index (χ0n) is 16.6. The number of hydrogen-bond donors (Lipinski definition) is 3. The molecular weight excluding hydrogens is 424 g/mol. The van der Waals surface area contributed by atoms with Crippen molar-refractivity contribution in [2.75, 3.05) is 24.6 Å². The SMILES string of the molecule is Cc1c(N2CCC(C(N)COC(F)(F)F)C2)c(F)c(O)c2c(=O)[nH]c(=O)n(C3CC3)c12. The van der Waals surface area contributed by atoms with Crippen molar-refractivity contribution in [2.45, 2.75) is 44.6 Å². The standard InChI is InChI=1S/C19H22F4N4O4/c1-8-14-12(17(29)25-18(30)27(14)10-2-3-10)16(28)13(20)15(8)26-5-4-9(6-26)11(24)7-31-19(21,22)23/h9-11,28H,2-7,24H2,1H3,(H,25,29,30). The molecular formula is C19H22F4N4O4. The molecule has 31 heavy (non-hydrogen) atoms. The monoisotopic (exact) mass is 446 g/mol. The van der Waals surface area contributed by atoms with Crippen LogP contribution in [0.1, 0.15) is 30.9 Å². The van der Waals surface area contributed by atoms with Gasteiger partial charge in [-0.3, -0.25) is 19.1 Å². The van der Waals surface area contributed by atoms with E-state index in [4.69, 9.17) is 5.73 Å². The fourth-order valence-corrected chi connectivity index (χ4v) is 4.36. The molecule has 0 bridgehead atoms. The summed E-state index contributed by atoms with van der Waals surface area (Å²) in [6, 6.07) is -1.07. The van der Waals surface area contributed by atoms with Gasteiger partial charge in [-0.2, -0.15) is 0 Å². The molecule has 2 atom stereocenters. The van der Waals surface area contributed by atoms with Gasteiger partial charge in [-0.1, -0.05) is 0 Å². The van der Waals surface area contributed by atoms with Gasteiger partial charge in [-0.25, -0.2) is 9.18 Å². The third kappa shape index (κ3) is 3.89. The lowest BCUT2D eigenvalue weighted by Gasteiger charge is -2.25. The highest BCUT2D eigenvalue weighted by molar-refractivity contribution is 5.92. The summed E-state index contributed by atoms with van der Waals surface area (Å²) in [7, 11) is 0. The van der Waals surface area contributed by atoms with E-state index < -0.39 is 47.7 Å². The molecule has 1 saturated carbocycles. The van der Waals surface area contributed by atoms with Gasteiger partial charge in [0.2, 0.25) is 0 Å². The molecule has 4 rings (SSSR count). The summed E-state index contributed by atoms with van der Waals surface area (Å²) >= 11 is 0. The van der Waals surface area contributed by atoms with Crippen LogP contribution in [0.2, 0.25) is 0 Å². The van der Waals surface area contributed by atoms with Crippen LogP contribution >= 0.6 is 0 Å². The molecule has 2 unspecified atom stereocenters. The van der Waals surface area contributed by atoms with Crippen molar-refractivity contribution >= 4 is 16.6 Å². The second-order valence-corrected chi connectivity index (χ2v) is 8.14. The smallest absolute Gasteiger partial charge is 0.504 e. The van der Waals surface area contributed by atoms with Crippen LogP contribution < -0.4 is 21.9 Å². The van der Waals surface area contributed by atoms with Crippen molar-refractivity contribution in [2.24, 2.45) is 11.7 Å². The summed E-state index contributed by atoms with van der Waals surface area (Å²) in [4.78, 5) is 28.4. The Morgan fingerprint density at radius 2 is 1.97 bits per heavy atom. The number of aromatic nitrogens is 2. The first-order valence-electron chi connectivity index (χ1n) is 9.90. The Kier molecular flexibility index (Phi) is 5.24. The van der Waals surface area contributed by atoms with Gasteiger partial charge in [0.25, 0.3) is 5.56 Å². The Bertz CT molecular complexity index is 1140. The number of H-pyrrole nitrogens is 1. The van der Waals surface area contributed by atoms with Crippen LogP contribution in [0.25, 0.3) is 10.9 Å². The second-order valence-electron chi connectivity index (χ2n) is 8.14. The Balaban J connectivity index is 1.73. The number of benzene rings is 1. The summed E-state index contributed by atoms with van der Waals surface area (Å²) in [5, 5.41) is 10.2. The van der Waals surface area contributed by atoms with Gasteiger partial charge in [-0.05, 0) is 32.1 Å². The number of anilines is 1. The second kappa shape index (κ2) is 7.52. The molecule has 1 aliphatic carbocycles. The van der Waals surface area contributed by atoms with Gasteiger partial charge in [0.1, 0.15) is 5.39 Å². The Morgan fingerprint density at radius 1 is 1.29 bits per heavy atom. The van der Waals surface area contributed by atoms with Crippen LogP contribution in [0.5, 0.6) is 5.75 Å². The van der Waals surface area contributed by atoms with Gasteiger partial charge >= 0.3 is 12.1 Å². The molecule has 0 amide bonds. The number of alkyl halides is 3. The summed E-state index contributed by atoms with van der Waals surface area (Å²) in [6.45, 7) is 1.26. The number of aromatic amines is 1. The highest BCUT2D eigenvalue weighted by Crippen LogP contribution is 2.42. The molecule has 4 N–H and O–H groups in total. The number of nitrogens with zero attached hydrogens (tertiary/aromatic N) is 2. The number of halogens is 4. The predicted molar refractivity (Wildman–Crippen MR) is 104 cm³/mol. The summed E-state index contributed by atoms with van der Waals surface area (Å²) < 4.78 is 57.2. The molecule has 2 heterocycles. The Hall–Kier alpha value is -2.60. The number of aromatic hydroxyl groups is 1. The average Bonchev–Trinajstić information content (AvgIpc) is 3.39. The van der Waals surface area contributed by atoms with Crippen molar-refractivity contribution in [3.8, 4) is 5.75 Å². The maximum absolute atomic E-state index is 15.2. The first-order chi connectivity index (χ1) is 14.5. The Labute approximate surface area is 173 Å². The average molecular weight is 446 g/mol. The zero-order valence-corrected chi connectivity index (χ0v) is 16.6. The van der Waals surface area contributed by atoms with Crippen molar-refractivity contribution < 1.29 is 27.4 Å². The minimum Gasteiger partial charge on any atom is -0.504 e. The number of phenolic OH excluding ortho intramolecular Hbond substituents is 1. The summed E-state index contributed by atoms with van der Waals surface area (Å²) in [5.41, 5.74) is 4.82. The molecule has 0 spiro atoms. The number of hydrogen-bond acceptors (Lipinski definition) is 6. The van der Waals surface area contributed by atoms with E-state index in [1.165, 1.54) is 4.57 Å². The van der Waals surface area contributed by atoms with Crippen molar-refractivity contribution in [1.82, 2.24) is 9.55 Å². The van der Waals surface area contributed by atoms with Crippen LogP contribution in [0.4, 0.5) is 23.2 Å². The van der Waals surface area contributed by atoms with Crippen LogP contribution in [0.3, 0.4) is 0 Å². The number of nitrogens with two attached hydrogens (primary N) is 1. The zero-order chi connectivity index (χ0) is 22.7. The van der Waals surface area contributed by atoms with Crippen LogP contribution in [0, 0.1) is 18.7 Å². The van der Waals surface area contributed by atoms with Crippen molar-refractivity contribution in [1.29, 1.82) is 0 Å². The van der Waals surface area contributed by atoms with E-state index in [9.17, 15) is 27.9 Å². The van der Waals surface area contributed by atoms with E-state index >= 15 is 4.39 Å². The van der Waals surface area contributed by atoms with E-state index in [2.05, 4.69) is 9.72 Å². The molecule has 170 valence electrons. The molecule has 0 radical (unpaired) electrons. The number of nitrogens with one attached hydrogen (secondary N) is 1. The molecule has 1 aliphatic heterocycles. The van der Waals surface area contributed by atoms with E-state index in [0.717, 1.165) is 0 Å². The van der Waals surface area contributed by atoms with Crippen LogP contribution in [0.15, 0.2) is 9.59 Å². The lowest BCUT2D eigenvalue weighted by Crippen LogP contribution is -2.38. The van der Waals surface area contributed by atoms with Crippen molar-refractivity contribution in [3.63, 3.8) is 0 Å². The van der Waals surface area contributed by atoms with Gasteiger partial charge in [0.05, 0.1) is 17.8 Å². The molecule has 2 aliphatic rings. The number of ether oxygens (including phenoxy) is 1. The summed E-state index contributed by atoms with van der Waals surface area (Å²) in [5.74, 6) is -2.28. The molecule has 1 aromatic carbocycles. The highest BCUT2D eigenvalue weighted by atomic mass is 19.4. The molecule has 2 fully saturated rings. The molecule has 2 aromatic rings. The van der Waals surface area contributed by atoms with E-state index in [1.807, 2.05) is 0 Å². The van der Waals surface area contributed by atoms with Gasteiger partial charge in [0.15, 0.2) is 11.6 Å². The highest BCUT2D eigenvalue weighted by Gasteiger charge is 2.36. The summed E-state index contributed by atoms with van der Waals surface area (Å²) in [6.07, 6.45) is -2.96. The molecule has 8 nitrogen and oxygen atoms in total. The number of aryl methyl sites for hydroxylation is 1. The van der Waals surface area contributed by atoms with Gasteiger partial charge in [0, 0.05) is 30.7 Å². The largest absolute Gasteiger partial charge is 0.522 e. The van der Waals surface area contributed by atoms with E-state index in [-0.39, 0.29) is 35.7 Å². The van der Waals surface area contributed by atoms with Gasteiger partial charge in [-0.15, -0.1) is 13.2 Å². The molecule has 1 saturated heterocycles. The number of phenols is 1. The topological polar surface area (TPSA) is 114 Å². The Morgan fingerprint density at radius 3 is 2.58 bits per heavy atom. The third-order valence-corrected chi connectivity index (χ3v) is 6.00. The number of fused-ring (bicyclic) bond motifs is 1. The normalized spacial score (nSPS) is 20.6. The molecule has 12 heteroatoms. The van der Waals surface area contributed by atoms with Gasteiger partial charge < -0.3 is 15.7 Å². The maximum atomic E-state index is 15.2. The van der Waals surface area contributed by atoms with E-state index in [0.29, 0.717) is 24.8 Å². The van der Waals surface area contributed by atoms with Crippen molar-refractivity contribution in [3.05, 3.63) is 32.2 Å². The minimum atomic E-state index is -4.79. The predicted octanol–water partition coefficient (Wildman–Crippen LogP) is 1.87. The molecule has 1 aromatic heterocycles. The maximum Gasteiger partial charge on any atom is 0.522 e. The third-order valence-electron chi connectivity index (χ3n) is 6.00. The first kappa shape index (κ1) is 21.6. The van der Waals surface area contributed by atoms with E-state index in [1.54, 1.807) is 11.8 Å². The lowest BCUT2D eigenvalue weighted by molar-refractivity contribution is -0.326. The first-order valence-corrected chi connectivity index (χ1v) is 9.90. The lowest BCUT2D eigenvalue weighted by atomic mass is 10.0.